The van der Waals surface area contributed by atoms with Gasteiger partial charge in [0.25, 0.3) is 11.8 Å². The van der Waals surface area contributed by atoms with Crippen molar-refractivity contribution < 1.29 is 28.7 Å². The fourth-order valence-corrected chi connectivity index (χ4v) is 3.05. The van der Waals surface area contributed by atoms with Crippen molar-refractivity contribution in [2.24, 2.45) is 5.92 Å². The largest absolute Gasteiger partial charge is 0.497 e. The van der Waals surface area contributed by atoms with Gasteiger partial charge in [0.1, 0.15) is 18.1 Å². The van der Waals surface area contributed by atoms with Gasteiger partial charge in [-0.25, -0.2) is 4.79 Å². The van der Waals surface area contributed by atoms with E-state index in [1.165, 1.54) is 12.1 Å². The monoisotopic (exact) mass is 353 g/mol. The van der Waals surface area contributed by atoms with Crippen molar-refractivity contribution in [2.75, 3.05) is 13.7 Å². The number of hydrogen-bond donors (Lipinski definition) is 0. The molecule has 2 amide bonds. The zero-order valence-electron chi connectivity index (χ0n) is 13.9. The van der Waals surface area contributed by atoms with Crippen LogP contribution in [0.15, 0.2) is 42.5 Å². The van der Waals surface area contributed by atoms with Gasteiger partial charge in [-0.15, -0.1) is 0 Å². The van der Waals surface area contributed by atoms with E-state index in [1.807, 2.05) is 6.07 Å². The number of carbonyl (C=O) groups excluding carboxylic acids is 3. The number of hydrogen-bond acceptors (Lipinski definition) is 6. The molecule has 0 spiro atoms. The van der Waals surface area contributed by atoms with E-state index in [-0.39, 0.29) is 17.7 Å². The molecular weight excluding hydrogens is 338 g/mol. The summed E-state index contributed by atoms with van der Waals surface area (Å²) in [6.07, 6.45) is 0.390. The molecule has 2 aromatic carbocycles. The van der Waals surface area contributed by atoms with Crippen molar-refractivity contribution in [3.63, 3.8) is 0 Å². The molecular formula is C19H15NO6. The van der Waals surface area contributed by atoms with Crippen molar-refractivity contribution in [1.82, 2.24) is 5.06 Å². The van der Waals surface area contributed by atoms with Crippen molar-refractivity contribution in [2.45, 2.75) is 6.42 Å². The Bertz CT molecular complexity index is 887. The van der Waals surface area contributed by atoms with Crippen molar-refractivity contribution in [1.29, 1.82) is 0 Å². The molecule has 0 aromatic heterocycles. The quantitative estimate of drug-likeness (QED) is 0.785. The number of carbonyl (C=O) groups is 3. The van der Waals surface area contributed by atoms with Crippen molar-refractivity contribution >= 4 is 17.8 Å². The summed E-state index contributed by atoms with van der Waals surface area (Å²) in [5.74, 6) is -1.26. The molecule has 0 saturated carbocycles. The lowest BCUT2D eigenvalue weighted by atomic mass is 9.97. The van der Waals surface area contributed by atoms with E-state index in [2.05, 4.69) is 0 Å². The molecule has 2 aliphatic rings. The van der Waals surface area contributed by atoms with Crippen LogP contribution in [0.2, 0.25) is 0 Å². The predicted molar refractivity (Wildman–Crippen MR) is 88.7 cm³/mol. The first-order valence-electron chi connectivity index (χ1n) is 8.08. The Morgan fingerprint density at radius 2 is 1.81 bits per heavy atom. The summed E-state index contributed by atoms with van der Waals surface area (Å²) in [6.45, 7) is 0.0994. The molecule has 2 aliphatic heterocycles. The molecule has 2 aromatic rings. The molecule has 0 saturated heterocycles. The van der Waals surface area contributed by atoms with Crippen LogP contribution in [0.1, 0.15) is 26.3 Å². The topological polar surface area (TPSA) is 82.1 Å². The predicted octanol–water partition coefficient (Wildman–Crippen LogP) is 2.00. The summed E-state index contributed by atoms with van der Waals surface area (Å²) in [4.78, 5) is 42.1. The Balaban J connectivity index is 1.48. The lowest BCUT2D eigenvalue weighted by Crippen LogP contribution is -2.38. The van der Waals surface area contributed by atoms with Crippen LogP contribution in [0, 0.1) is 5.92 Å². The minimum absolute atomic E-state index is 0.0994. The Hall–Kier alpha value is -3.35. The highest BCUT2D eigenvalue weighted by molar-refractivity contribution is 6.20. The van der Waals surface area contributed by atoms with E-state index >= 15 is 0 Å². The van der Waals surface area contributed by atoms with Crippen LogP contribution in [-0.4, -0.2) is 36.6 Å². The summed E-state index contributed by atoms with van der Waals surface area (Å²) in [6, 6.07) is 11.7. The minimum Gasteiger partial charge on any atom is -0.497 e. The number of amides is 2. The lowest BCUT2D eigenvalue weighted by molar-refractivity contribution is -0.175. The van der Waals surface area contributed by atoms with Gasteiger partial charge in [-0.2, -0.15) is 0 Å². The maximum Gasteiger partial charge on any atom is 0.340 e. The molecule has 132 valence electrons. The summed E-state index contributed by atoms with van der Waals surface area (Å²) < 4.78 is 10.8. The van der Waals surface area contributed by atoms with Crippen LogP contribution in [0.25, 0.3) is 0 Å². The number of ether oxygens (including phenoxy) is 2. The van der Waals surface area contributed by atoms with E-state index in [0.29, 0.717) is 23.0 Å². The summed E-state index contributed by atoms with van der Waals surface area (Å²) in [7, 11) is 1.56. The van der Waals surface area contributed by atoms with Crippen LogP contribution >= 0.6 is 0 Å². The summed E-state index contributed by atoms with van der Waals surface area (Å²) in [5, 5.41) is 0.524. The standard InChI is InChI=1S/C19H15NO6/c1-24-13-7-6-11-8-12(10-25-16(11)9-13)19(23)26-20-17(21)14-4-2-3-5-15(14)18(20)22/h2-7,9,12H,8,10H2,1H3. The molecule has 2 heterocycles. The second-order valence-corrected chi connectivity index (χ2v) is 6.05. The molecule has 4 rings (SSSR count). The van der Waals surface area contributed by atoms with Gasteiger partial charge in [0, 0.05) is 6.07 Å². The molecule has 26 heavy (non-hydrogen) atoms. The maximum atomic E-state index is 12.5. The molecule has 0 aliphatic carbocycles. The first kappa shape index (κ1) is 16.1. The molecule has 0 N–H and O–H groups in total. The van der Waals surface area contributed by atoms with Crippen LogP contribution in [-0.2, 0) is 16.1 Å². The lowest BCUT2D eigenvalue weighted by Gasteiger charge is -2.25. The van der Waals surface area contributed by atoms with Gasteiger partial charge in [-0.05, 0) is 30.2 Å². The second kappa shape index (κ2) is 6.18. The Morgan fingerprint density at radius 3 is 2.46 bits per heavy atom. The average molecular weight is 353 g/mol. The van der Waals surface area contributed by atoms with E-state index in [9.17, 15) is 14.4 Å². The number of nitrogens with zero attached hydrogens (tertiary/aromatic N) is 1. The third kappa shape index (κ3) is 2.57. The van der Waals surface area contributed by atoms with E-state index in [4.69, 9.17) is 14.3 Å². The van der Waals surface area contributed by atoms with E-state index < -0.39 is 23.7 Å². The third-order valence-corrected chi connectivity index (χ3v) is 4.45. The first-order chi connectivity index (χ1) is 12.6. The van der Waals surface area contributed by atoms with Gasteiger partial charge in [0.15, 0.2) is 0 Å². The second-order valence-electron chi connectivity index (χ2n) is 6.05. The van der Waals surface area contributed by atoms with Crippen molar-refractivity contribution in [3.8, 4) is 11.5 Å². The number of imide groups is 1. The normalized spacial score (nSPS) is 18.0. The number of rotatable bonds is 3. The fraction of sp³-hybridized carbons (Fsp3) is 0.211. The Labute approximate surface area is 149 Å². The number of methoxy groups -OCH3 is 1. The molecule has 0 bridgehead atoms. The van der Waals surface area contributed by atoms with Crippen molar-refractivity contribution in [3.05, 3.63) is 59.2 Å². The Kier molecular flexibility index (Phi) is 3.84. The third-order valence-electron chi connectivity index (χ3n) is 4.45. The van der Waals surface area contributed by atoms with Crippen LogP contribution in [0.3, 0.4) is 0 Å². The van der Waals surface area contributed by atoms with Crippen LogP contribution < -0.4 is 9.47 Å². The van der Waals surface area contributed by atoms with E-state index in [0.717, 1.165) is 5.56 Å². The SMILES string of the molecule is COc1ccc2c(c1)OCC(C(=O)ON1C(=O)c3ccccc3C1=O)C2. The molecule has 0 fully saturated rings. The van der Waals surface area contributed by atoms with Crippen LogP contribution in [0.5, 0.6) is 11.5 Å². The smallest absolute Gasteiger partial charge is 0.340 e. The van der Waals surface area contributed by atoms with Gasteiger partial charge < -0.3 is 14.3 Å². The fourth-order valence-electron chi connectivity index (χ4n) is 3.05. The highest BCUT2D eigenvalue weighted by Crippen LogP contribution is 2.32. The van der Waals surface area contributed by atoms with Gasteiger partial charge in [0.2, 0.25) is 0 Å². The number of fused-ring (bicyclic) bond motifs is 2. The average Bonchev–Trinajstić information content (AvgIpc) is 2.92. The zero-order chi connectivity index (χ0) is 18.3. The summed E-state index contributed by atoms with van der Waals surface area (Å²) >= 11 is 0. The zero-order valence-corrected chi connectivity index (χ0v) is 13.9. The first-order valence-corrected chi connectivity index (χ1v) is 8.08. The molecule has 0 radical (unpaired) electrons. The van der Waals surface area contributed by atoms with Gasteiger partial charge >= 0.3 is 5.97 Å². The highest BCUT2D eigenvalue weighted by atomic mass is 16.7. The Morgan fingerprint density at radius 1 is 1.12 bits per heavy atom. The molecule has 1 unspecified atom stereocenters. The minimum atomic E-state index is -0.680. The molecule has 1 atom stereocenters. The van der Waals surface area contributed by atoms with Gasteiger partial charge in [-0.3, -0.25) is 9.59 Å². The van der Waals surface area contributed by atoms with E-state index in [1.54, 1.807) is 31.4 Å². The molecule has 7 nitrogen and oxygen atoms in total. The number of benzene rings is 2. The van der Waals surface area contributed by atoms with Crippen LogP contribution in [0.4, 0.5) is 0 Å². The highest BCUT2D eigenvalue weighted by Gasteiger charge is 2.40. The summed E-state index contributed by atoms with van der Waals surface area (Å²) in [5.41, 5.74) is 1.28. The number of hydroxylamine groups is 2. The van der Waals surface area contributed by atoms with Gasteiger partial charge in [0.05, 0.1) is 24.2 Å². The van der Waals surface area contributed by atoms with Gasteiger partial charge in [-0.1, -0.05) is 23.3 Å². The maximum absolute atomic E-state index is 12.5. The molecule has 7 heteroatoms.